The third-order valence-electron chi connectivity index (χ3n) is 2.46. The standard InChI is InChI=1S/C12H10BrCl2NO/c1-16-11(12-9(13)4-5-17-12)8-6-7(14)2-3-10(8)15/h2-6,11,16H,1H3. The normalized spacial score (nSPS) is 12.7. The lowest BCUT2D eigenvalue weighted by atomic mass is 10.0. The molecule has 2 nitrogen and oxygen atoms in total. The van der Waals surface area contributed by atoms with Crippen molar-refractivity contribution in [2.75, 3.05) is 7.05 Å². The van der Waals surface area contributed by atoms with Crippen LogP contribution in [0.3, 0.4) is 0 Å². The van der Waals surface area contributed by atoms with Gasteiger partial charge in [0.15, 0.2) is 0 Å². The number of furan rings is 1. The van der Waals surface area contributed by atoms with E-state index in [1.165, 1.54) is 0 Å². The van der Waals surface area contributed by atoms with Crippen molar-refractivity contribution in [3.05, 3.63) is 56.4 Å². The molecular weight excluding hydrogens is 325 g/mol. The molecule has 1 unspecified atom stereocenters. The molecule has 5 heteroatoms. The van der Waals surface area contributed by atoms with Crippen LogP contribution >= 0.6 is 39.1 Å². The van der Waals surface area contributed by atoms with E-state index in [0.29, 0.717) is 10.0 Å². The van der Waals surface area contributed by atoms with Crippen LogP contribution in [0.15, 0.2) is 39.4 Å². The predicted molar refractivity (Wildman–Crippen MR) is 73.8 cm³/mol. The quantitative estimate of drug-likeness (QED) is 0.883. The molecule has 1 atom stereocenters. The number of hydrogen-bond acceptors (Lipinski definition) is 2. The van der Waals surface area contributed by atoms with E-state index >= 15 is 0 Å². The SMILES string of the molecule is CNC(c1cc(Cl)ccc1Cl)c1occc1Br. The highest BCUT2D eigenvalue weighted by Crippen LogP contribution is 2.34. The Balaban J connectivity index is 2.49. The average molecular weight is 335 g/mol. The smallest absolute Gasteiger partial charge is 0.139 e. The van der Waals surface area contributed by atoms with Gasteiger partial charge >= 0.3 is 0 Å². The van der Waals surface area contributed by atoms with Gasteiger partial charge in [0.05, 0.1) is 16.8 Å². The molecule has 0 fully saturated rings. The van der Waals surface area contributed by atoms with E-state index in [-0.39, 0.29) is 6.04 Å². The summed E-state index contributed by atoms with van der Waals surface area (Å²) in [7, 11) is 1.84. The molecule has 1 N–H and O–H groups in total. The van der Waals surface area contributed by atoms with Gasteiger partial charge in [0, 0.05) is 10.0 Å². The minimum Gasteiger partial charge on any atom is -0.466 e. The Morgan fingerprint density at radius 3 is 2.65 bits per heavy atom. The molecule has 90 valence electrons. The van der Waals surface area contributed by atoms with Gasteiger partial charge in [0.2, 0.25) is 0 Å². The molecular formula is C12H10BrCl2NO. The van der Waals surface area contributed by atoms with E-state index in [1.54, 1.807) is 18.4 Å². The van der Waals surface area contributed by atoms with Crippen LogP contribution in [0.2, 0.25) is 10.0 Å². The summed E-state index contributed by atoms with van der Waals surface area (Å²) in [5.74, 6) is 0.775. The summed E-state index contributed by atoms with van der Waals surface area (Å²) >= 11 is 15.6. The van der Waals surface area contributed by atoms with E-state index in [2.05, 4.69) is 21.2 Å². The molecule has 0 radical (unpaired) electrons. The second-order valence-corrected chi connectivity index (χ2v) is 5.22. The topological polar surface area (TPSA) is 25.2 Å². The first-order chi connectivity index (χ1) is 8.13. The predicted octanol–water partition coefficient (Wildman–Crippen LogP) is 4.66. The first-order valence-electron chi connectivity index (χ1n) is 4.98. The lowest BCUT2D eigenvalue weighted by molar-refractivity contribution is 0.461. The summed E-state index contributed by atoms with van der Waals surface area (Å²) in [6.07, 6.45) is 1.63. The number of rotatable bonds is 3. The van der Waals surface area contributed by atoms with Gasteiger partial charge in [-0.05, 0) is 52.8 Å². The largest absolute Gasteiger partial charge is 0.466 e. The Kier molecular flexibility index (Phi) is 4.15. The van der Waals surface area contributed by atoms with Crippen molar-refractivity contribution in [2.24, 2.45) is 0 Å². The van der Waals surface area contributed by atoms with Crippen LogP contribution in [0.4, 0.5) is 0 Å². The van der Waals surface area contributed by atoms with Crippen LogP contribution in [0.25, 0.3) is 0 Å². The Morgan fingerprint density at radius 2 is 2.06 bits per heavy atom. The highest BCUT2D eigenvalue weighted by atomic mass is 79.9. The fourth-order valence-electron chi connectivity index (χ4n) is 1.68. The van der Waals surface area contributed by atoms with Gasteiger partial charge in [0.1, 0.15) is 5.76 Å². The molecule has 1 aromatic heterocycles. The molecule has 0 aliphatic rings. The second-order valence-electron chi connectivity index (χ2n) is 3.52. The number of nitrogens with one attached hydrogen (secondary N) is 1. The fourth-order valence-corrected chi connectivity index (χ4v) is 2.51. The maximum atomic E-state index is 6.18. The number of hydrogen-bond donors (Lipinski definition) is 1. The Hall–Kier alpha value is -0.480. The molecule has 1 aromatic carbocycles. The third-order valence-corrected chi connectivity index (χ3v) is 3.70. The van der Waals surface area contributed by atoms with Gasteiger partial charge < -0.3 is 9.73 Å². The monoisotopic (exact) mass is 333 g/mol. The van der Waals surface area contributed by atoms with Crippen molar-refractivity contribution in [3.8, 4) is 0 Å². The molecule has 1 heterocycles. The molecule has 0 saturated heterocycles. The van der Waals surface area contributed by atoms with Crippen molar-refractivity contribution in [2.45, 2.75) is 6.04 Å². The zero-order valence-corrected chi connectivity index (χ0v) is 12.1. The third kappa shape index (κ3) is 2.68. The molecule has 0 aliphatic heterocycles. The van der Waals surface area contributed by atoms with Gasteiger partial charge in [0.25, 0.3) is 0 Å². The van der Waals surface area contributed by atoms with Crippen molar-refractivity contribution in [1.29, 1.82) is 0 Å². The maximum absolute atomic E-state index is 6.18. The maximum Gasteiger partial charge on any atom is 0.139 e. The summed E-state index contributed by atoms with van der Waals surface area (Å²) in [6.45, 7) is 0. The summed E-state index contributed by atoms with van der Waals surface area (Å²) < 4.78 is 6.35. The fraction of sp³-hybridized carbons (Fsp3) is 0.167. The van der Waals surface area contributed by atoms with E-state index in [0.717, 1.165) is 15.8 Å². The van der Waals surface area contributed by atoms with Crippen molar-refractivity contribution in [3.63, 3.8) is 0 Å². The lowest BCUT2D eigenvalue weighted by Crippen LogP contribution is -2.17. The van der Waals surface area contributed by atoms with Crippen molar-refractivity contribution < 1.29 is 4.42 Å². The summed E-state index contributed by atoms with van der Waals surface area (Å²) in [5, 5.41) is 4.46. The first kappa shape index (κ1) is 13.0. The minimum atomic E-state index is -0.134. The van der Waals surface area contributed by atoms with Crippen LogP contribution in [0, 0.1) is 0 Å². The molecule has 2 rings (SSSR count). The summed E-state index contributed by atoms with van der Waals surface area (Å²) in [4.78, 5) is 0. The van der Waals surface area contributed by atoms with Crippen molar-refractivity contribution in [1.82, 2.24) is 5.32 Å². The molecule has 0 amide bonds. The van der Waals surface area contributed by atoms with Crippen LogP contribution < -0.4 is 5.32 Å². The highest BCUT2D eigenvalue weighted by Gasteiger charge is 2.20. The van der Waals surface area contributed by atoms with Crippen LogP contribution in [0.5, 0.6) is 0 Å². The molecule has 17 heavy (non-hydrogen) atoms. The van der Waals surface area contributed by atoms with Gasteiger partial charge in [-0.25, -0.2) is 0 Å². The highest BCUT2D eigenvalue weighted by molar-refractivity contribution is 9.10. The second kappa shape index (κ2) is 5.44. The van der Waals surface area contributed by atoms with Crippen molar-refractivity contribution >= 4 is 39.1 Å². The summed E-state index contributed by atoms with van der Waals surface area (Å²) in [5.41, 5.74) is 0.886. The number of halogens is 3. The van der Waals surface area contributed by atoms with Gasteiger partial charge in [-0.2, -0.15) is 0 Å². The molecule has 0 spiro atoms. The van der Waals surface area contributed by atoms with E-state index in [1.807, 2.05) is 19.2 Å². The average Bonchev–Trinajstić information content (AvgIpc) is 2.71. The zero-order chi connectivity index (χ0) is 12.4. The van der Waals surface area contributed by atoms with Gasteiger partial charge in [-0.15, -0.1) is 0 Å². The lowest BCUT2D eigenvalue weighted by Gasteiger charge is -2.16. The Labute approximate surface area is 118 Å². The van der Waals surface area contributed by atoms with E-state index in [4.69, 9.17) is 27.6 Å². The van der Waals surface area contributed by atoms with Gasteiger partial charge in [-0.3, -0.25) is 0 Å². The van der Waals surface area contributed by atoms with E-state index < -0.39 is 0 Å². The molecule has 2 aromatic rings. The Morgan fingerprint density at radius 1 is 1.29 bits per heavy atom. The van der Waals surface area contributed by atoms with Crippen LogP contribution in [-0.2, 0) is 0 Å². The molecule has 0 aliphatic carbocycles. The molecule has 0 saturated carbocycles. The van der Waals surface area contributed by atoms with Crippen LogP contribution in [0.1, 0.15) is 17.4 Å². The molecule has 0 bridgehead atoms. The summed E-state index contributed by atoms with van der Waals surface area (Å²) in [6, 6.07) is 7.08. The van der Waals surface area contributed by atoms with Gasteiger partial charge in [-0.1, -0.05) is 23.2 Å². The number of benzene rings is 1. The Bertz CT molecular complexity index is 527. The van der Waals surface area contributed by atoms with E-state index in [9.17, 15) is 0 Å². The first-order valence-corrected chi connectivity index (χ1v) is 6.53. The zero-order valence-electron chi connectivity index (χ0n) is 9.01. The minimum absolute atomic E-state index is 0.134. The van der Waals surface area contributed by atoms with Crippen LogP contribution in [-0.4, -0.2) is 7.05 Å².